The Hall–Kier alpha value is -6.44. The van der Waals surface area contributed by atoms with E-state index in [1.165, 1.54) is 89.0 Å². The highest BCUT2D eigenvalue weighted by Crippen LogP contribution is 2.55. The van der Waals surface area contributed by atoms with E-state index in [1.54, 1.807) is 0 Å². The third-order valence-electron chi connectivity index (χ3n) is 14.2. The molecule has 0 aliphatic heterocycles. The Morgan fingerprint density at radius 3 is 1.51 bits per heavy atom. The summed E-state index contributed by atoms with van der Waals surface area (Å²) in [6, 6.07) is 66.3. The second-order valence-electron chi connectivity index (χ2n) is 21.1. The first kappa shape index (κ1) is 40.6. The summed E-state index contributed by atoms with van der Waals surface area (Å²) in [5, 5.41) is 0. The zero-order valence-electron chi connectivity index (χ0n) is 38.7. The lowest BCUT2D eigenvalue weighted by atomic mass is 9.76. The Bertz CT molecular complexity index is 3040. The number of anilines is 3. The number of nitrogens with zero attached hydrogens (tertiary/aromatic N) is 1. The number of rotatable bonds is 6. The maximum Gasteiger partial charge on any atom is 0.0467 e. The van der Waals surface area contributed by atoms with Crippen LogP contribution in [0.1, 0.15) is 103 Å². The van der Waals surface area contributed by atoms with Crippen LogP contribution in [0.2, 0.25) is 0 Å². The minimum absolute atomic E-state index is 0.00254. The molecular formula is C62H59N. The molecule has 312 valence electrons. The lowest BCUT2D eigenvalue weighted by Crippen LogP contribution is -2.19. The largest absolute Gasteiger partial charge is 0.310 e. The van der Waals surface area contributed by atoms with Gasteiger partial charge in [-0.2, -0.15) is 0 Å². The molecule has 2 aliphatic rings. The average Bonchev–Trinajstić information content (AvgIpc) is 3.65. The van der Waals surface area contributed by atoms with E-state index < -0.39 is 0 Å². The topological polar surface area (TPSA) is 3.24 Å². The number of benzene rings is 8. The minimum Gasteiger partial charge on any atom is -0.310 e. The van der Waals surface area contributed by atoms with Crippen LogP contribution < -0.4 is 4.90 Å². The summed E-state index contributed by atoms with van der Waals surface area (Å²) in [4.78, 5) is 2.41. The van der Waals surface area contributed by atoms with Crippen LogP contribution in [0.5, 0.6) is 0 Å². The maximum absolute atomic E-state index is 2.50. The quantitative estimate of drug-likeness (QED) is 0.162. The molecule has 0 radical (unpaired) electrons. The summed E-state index contributed by atoms with van der Waals surface area (Å²) in [6.45, 7) is 23.5. The fourth-order valence-electron chi connectivity index (χ4n) is 10.4. The Morgan fingerprint density at radius 2 is 0.825 bits per heavy atom. The highest BCUT2D eigenvalue weighted by atomic mass is 15.1. The molecule has 0 saturated heterocycles. The van der Waals surface area contributed by atoms with E-state index in [1.807, 2.05) is 0 Å². The van der Waals surface area contributed by atoms with E-state index in [2.05, 4.69) is 250 Å². The van der Waals surface area contributed by atoms with E-state index in [4.69, 9.17) is 0 Å². The van der Waals surface area contributed by atoms with Crippen LogP contribution in [-0.2, 0) is 21.7 Å². The normalized spacial score (nSPS) is 14.4. The average molecular weight is 818 g/mol. The lowest BCUT2D eigenvalue weighted by Gasteiger charge is -2.28. The molecule has 0 heterocycles. The molecule has 0 atom stereocenters. The van der Waals surface area contributed by atoms with Gasteiger partial charge in [-0.1, -0.05) is 197 Å². The fraction of sp³-hybridized carbons (Fsp3) is 0.226. The predicted octanol–water partition coefficient (Wildman–Crippen LogP) is 17.4. The van der Waals surface area contributed by atoms with E-state index in [-0.39, 0.29) is 21.7 Å². The zero-order valence-corrected chi connectivity index (χ0v) is 38.7. The monoisotopic (exact) mass is 817 g/mol. The standard InChI is InChI=1S/C62H59N/c1-59(2,3)45-28-34-52-56(38-45)62(9,10)57-39-46(60(4,5)6)37-53(58(52)57)42-25-31-48(32-26-42)63(47-29-23-41(24-30-47)40-17-12-11-13-18-40)49-20-16-19-43(35-49)44-27-33-51-50-21-14-15-22-54(50)61(7,8)55(51)36-44/h11-39H,1-10H3. The van der Waals surface area contributed by atoms with Crippen LogP contribution >= 0.6 is 0 Å². The first-order valence-corrected chi connectivity index (χ1v) is 22.8. The summed E-state index contributed by atoms with van der Waals surface area (Å²) in [6.07, 6.45) is 0. The van der Waals surface area contributed by atoms with Crippen molar-refractivity contribution < 1.29 is 0 Å². The van der Waals surface area contributed by atoms with Gasteiger partial charge in [0.25, 0.3) is 0 Å². The van der Waals surface area contributed by atoms with Gasteiger partial charge in [-0.05, 0) is 148 Å². The predicted molar refractivity (Wildman–Crippen MR) is 270 cm³/mol. The van der Waals surface area contributed by atoms with Crippen molar-refractivity contribution in [1.29, 1.82) is 0 Å². The van der Waals surface area contributed by atoms with Crippen molar-refractivity contribution in [3.05, 3.63) is 209 Å². The fourth-order valence-corrected chi connectivity index (χ4v) is 10.4. The van der Waals surface area contributed by atoms with Gasteiger partial charge >= 0.3 is 0 Å². The van der Waals surface area contributed by atoms with Crippen LogP contribution in [0.4, 0.5) is 17.1 Å². The zero-order chi connectivity index (χ0) is 44.1. The van der Waals surface area contributed by atoms with Gasteiger partial charge in [0.1, 0.15) is 0 Å². The lowest BCUT2D eigenvalue weighted by molar-refractivity contribution is 0.580. The van der Waals surface area contributed by atoms with E-state index in [9.17, 15) is 0 Å². The van der Waals surface area contributed by atoms with Crippen molar-refractivity contribution in [2.45, 2.75) is 90.9 Å². The molecule has 0 aromatic heterocycles. The molecule has 63 heavy (non-hydrogen) atoms. The molecule has 0 spiro atoms. The highest BCUT2D eigenvalue weighted by molar-refractivity contribution is 5.94. The maximum atomic E-state index is 2.50. The molecular weight excluding hydrogens is 759 g/mol. The van der Waals surface area contributed by atoms with Gasteiger partial charge in [0.2, 0.25) is 0 Å². The second kappa shape index (κ2) is 14.6. The van der Waals surface area contributed by atoms with Gasteiger partial charge in [0.15, 0.2) is 0 Å². The third-order valence-corrected chi connectivity index (χ3v) is 14.2. The molecule has 0 unspecified atom stereocenters. The van der Waals surface area contributed by atoms with Gasteiger partial charge in [-0.15, -0.1) is 0 Å². The van der Waals surface area contributed by atoms with Crippen LogP contribution in [0.3, 0.4) is 0 Å². The van der Waals surface area contributed by atoms with Crippen molar-refractivity contribution in [3.8, 4) is 55.6 Å². The molecule has 0 amide bonds. The molecule has 1 nitrogen and oxygen atoms in total. The molecule has 1 heteroatoms. The third kappa shape index (κ3) is 6.85. The Morgan fingerprint density at radius 1 is 0.317 bits per heavy atom. The molecule has 8 aromatic rings. The molecule has 0 saturated carbocycles. The van der Waals surface area contributed by atoms with Crippen molar-refractivity contribution in [2.24, 2.45) is 0 Å². The second-order valence-corrected chi connectivity index (χ2v) is 21.1. The SMILES string of the molecule is CC(C)(C)c1ccc2c(c1)C(C)(C)c1cc(C(C)(C)C)cc(-c3ccc(N(c4ccc(-c5ccccc5)cc4)c4cccc(-c5ccc6c(c5)C(C)(C)c5ccccc5-6)c4)cc3)c1-2. The van der Waals surface area contributed by atoms with Gasteiger partial charge in [0.05, 0.1) is 0 Å². The summed E-state index contributed by atoms with van der Waals surface area (Å²) < 4.78 is 0. The minimum atomic E-state index is -0.117. The van der Waals surface area contributed by atoms with Crippen LogP contribution in [0.25, 0.3) is 55.6 Å². The van der Waals surface area contributed by atoms with E-state index in [0.29, 0.717) is 0 Å². The van der Waals surface area contributed by atoms with Gasteiger partial charge in [-0.3, -0.25) is 0 Å². The van der Waals surface area contributed by atoms with Crippen molar-refractivity contribution >= 4 is 17.1 Å². The Balaban J connectivity index is 1.09. The smallest absolute Gasteiger partial charge is 0.0467 e. The summed E-state index contributed by atoms with van der Waals surface area (Å²) in [5.74, 6) is 0. The van der Waals surface area contributed by atoms with Crippen LogP contribution in [-0.4, -0.2) is 0 Å². The first-order valence-electron chi connectivity index (χ1n) is 22.8. The van der Waals surface area contributed by atoms with Gasteiger partial charge in [0, 0.05) is 27.9 Å². The van der Waals surface area contributed by atoms with Crippen LogP contribution in [0, 0.1) is 0 Å². The number of fused-ring (bicyclic) bond motifs is 6. The molecule has 0 N–H and O–H groups in total. The number of hydrogen-bond donors (Lipinski definition) is 0. The highest BCUT2D eigenvalue weighted by Gasteiger charge is 2.39. The van der Waals surface area contributed by atoms with E-state index >= 15 is 0 Å². The van der Waals surface area contributed by atoms with E-state index in [0.717, 1.165) is 17.1 Å². The number of hydrogen-bond acceptors (Lipinski definition) is 1. The summed E-state index contributed by atoms with van der Waals surface area (Å²) in [5.41, 5.74) is 24.5. The first-order chi connectivity index (χ1) is 30.0. The molecule has 10 rings (SSSR count). The van der Waals surface area contributed by atoms with Gasteiger partial charge < -0.3 is 4.90 Å². The summed E-state index contributed by atoms with van der Waals surface area (Å²) >= 11 is 0. The molecule has 2 aliphatic carbocycles. The molecule has 8 aromatic carbocycles. The van der Waals surface area contributed by atoms with Gasteiger partial charge in [-0.25, -0.2) is 0 Å². The van der Waals surface area contributed by atoms with Crippen molar-refractivity contribution in [1.82, 2.24) is 0 Å². The van der Waals surface area contributed by atoms with Crippen molar-refractivity contribution in [2.75, 3.05) is 4.90 Å². The van der Waals surface area contributed by atoms with Crippen LogP contribution in [0.15, 0.2) is 176 Å². The molecule has 0 fully saturated rings. The Kier molecular flexibility index (Phi) is 9.39. The Labute approximate surface area is 376 Å². The van der Waals surface area contributed by atoms with Crippen molar-refractivity contribution in [3.63, 3.8) is 0 Å². The summed E-state index contributed by atoms with van der Waals surface area (Å²) in [7, 11) is 0. The molecule has 0 bridgehead atoms.